The molecule has 1 N–H and O–H groups in total. The molecule has 0 saturated heterocycles. The molecule has 0 atom stereocenters. The minimum Gasteiger partial charge on any atom is -0.481 e. The molecular weight excluding hydrogens is 401 g/mol. The summed E-state index contributed by atoms with van der Waals surface area (Å²) < 4.78 is 26.8. The molecule has 0 unspecified atom stereocenters. The molecule has 4 aromatic rings. The van der Waals surface area contributed by atoms with Crippen molar-refractivity contribution in [1.29, 1.82) is 0 Å². The molecule has 31 heavy (non-hydrogen) atoms. The molecule has 8 nitrogen and oxygen atoms in total. The van der Waals surface area contributed by atoms with Gasteiger partial charge in [-0.2, -0.15) is 5.10 Å². The predicted molar refractivity (Wildman–Crippen MR) is 114 cm³/mol. The third-order valence-corrected chi connectivity index (χ3v) is 5.98. The van der Waals surface area contributed by atoms with Crippen LogP contribution in [-0.4, -0.2) is 32.0 Å². The van der Waals surface area contributed by atoms with Crippen molar-refractivity contribution in [1.82, 2.24) is 24.9 Å². The van der Waals surface area contributed by atoms with E-state index in [4.69, 9.17) is 9.26 Å². The zero-order valence-corrected chi connectivity index (χ0v) is 17.9. The lowest BCUT2D eigenvalue weighted by molar-refractivity contribution is 0.343. The molecule has 0 aliphatic carbocycles. The first-order chi connectivity index (χ1) is 15.0. The van der Waals surface area contributed by atoms with Crippen LogP contribution in [0.4, 0.5) is 4.39 Å². The molecule has 0 aliphatic heterocycles. The van der Waals surface area contributed by atoms with E-state index in [1.807, 2.05) is 39.0 Å². The minimum absolute atomic E-state index is 0.353. The Balaban J connectivity index is 1.87. The summed E-state index contributed by atoms with van der Waals surface area (Å²) in [4.78, 5) is 18.9. The number of aryl methyl sites for hydroxylation is 1. The van der Waals surface area contributed by atoms with Gasteiger partial charge in [-0.15, -0.1) is 0 Å². The van der Waals surface area contributed by atoms with Crippen LogP contribution >= 0.6 is 0 Å². The summed E-state index contributed by atoms with van der Waals surface area (Å²) in [5.41, 5.74) is 2.03. The van der Waals surface area contributed by atoms with Crippen molar-refractivity contribution in [3.05, 3.63) is 58.2 Å². The second-order valence-corrected chi connectivity index (χ2v) is 7.34. The van der Waals surface area contributed by atoms with Gasteiger partial charge in [0.15, 0.2) is 5.82 Å². The monoisotopic (exact) mass is 425 g/mol. The minimum atomic E-state index is -0.640. The van der Waals surface area contributed by atoms with Crippen LogP contribution in [0.15, 0.2) is 39.8 Å². The second-order valence-electron chi connectivity index (χ2n) is 7.34. The van der Waals surface area contributed by atoms with Gasteiger partial charge in [0.1, 0.15) is 5.82 Å². The molecule has 1 aromatic carbocycles. The summed E-state index contributed by atoms with van der Waals surface area (Å²) >= 11 is 0. The lowest BCUT2D eigenvalue weighted by Gasteiger charge is -2.30. The maximum Gasteiger partial charge on any atom is 0.438 e. The van der Waals surface area contributed by atoms with Crippen molar-refractivity contribution in [3.63, 3.8) is 0 Å². The summed E-state index contributed by atoms with van der Waals surface area (Å²) in [6.45, 7) is 6.59. The number of aromatic nitrogens is 5. The topological polar surface area (TPSA) is 98.8 Å². The number of benzene rings is 1. The molecule has 0 saturated carbocycles. The summed E-state index contributed by atoms with van der Waals surface area (Å²) in [6, 6.07) is 7.04. The molecule has 0 amide bonds. The highest BCUT2D eigenvalue weighted by atomic mass is 19.1. The largest absolute Gasteiger partial charge is 0.481 e. The van der Waals surface area contributed by atoms with Crippen LogP contribution in [0, 0.1) is 5.82 Å². The lowest BCUT2D eigenvalue weighted by atomic mass is 9.75. The normalized spacial score (nSPS) is 11.9. The Labute approximate surface area is 178 Å². The van der Waals surface area contributed by atoms with Crippen LogP contribution in [0.1, 0.15) is 45.0 Å². The summed E-state index contributed by atoms with van der Waals surface area (Å²) in [7, 11) is 1.53. The number of hydrogen-bond donors (Lipinski definition) is 1. The zero-order valence-electron chi connectivity index (χ0n) is 17.9. The number of nitrogens with zero attached hydrogens (tertiary/aromatic N) is 4. The number of hydrogen-bond acceptors (Lipinski definition) is 6. The smallest absolute Gasteiger partial charge is 0.438 e. The van der Waals surface area contributed by atoms with Gasteiger partial charge in [-0.1, -0.05) is 25.1 Å². The van der Waals surface area contributed by atoms with Crippen LogP contribution < -0.4 is 10.5 Å². The Morgan fingerprint density at radius 3 is 2.61 bits per heavy atom. The van der Waals surface area contributed by atoms with Crippen molar-refractivity contribution in [2.24, 2.45) is 0 Å². The number of H-pyrrole nitrogens is 1. The number of nitrogens with one attached hydrogen (secondary N) is 1. The Morgan fingerprint density at radius 1 is 1.23 bits per heavy atom. The fraction of sp³-hybridized carbons (Fsp3) is 0.364. The average molecular weight is 425 g/mol. The predicted octanol–water partition coefficient (Wildman–Crippen LogP) is 4.05. The molecule has 0 radical (unpaired) electrons. The van der Waals surface area contributed by atoms with Gasteiger partial charge in [0, 0.05) is 17.7 Å². The summed E-state index contributed by atoms with van der Waals surface area (Å²) in [5.74, 6) is -0.154. The van der Waals surface area contributed by atoms with Crippen molar-refractivity contribution in [2.75, 3.05) is 7.11 Å². The van der Waals surface area contributed by atoms with Gasteiger partial charge >= 0.3 is 5.76 Å². The van der Waals surface area contributed by atoms with Crippen molar-refractivity contribution in [3.8, 4) is 17.1 Å². The van der Waals surface area contributed by atoms with Gasteiger partial charge in [-0.05, 0) is 38.0 Å². The van der Waals surface area contributed by atoms with Crippen LogP contribution in [-0.2, 0) is 12.0 Å². The molecule has 0 fully saturated rings. The Morgan fingerprint density at radius 2 is 2.00 bits per heavy atom. The third kappa shape index (κ3) is 3.30. The summed E-state index contributed by atoms with van der Waals surface area (Å²) in [6.07, 6.45) is 2.81. The maximum absolute atomic E-state index is 14.7. The molecule has 0 spiro atoms. The number of rotatable bonds is 7. The average Bonchev–Trinajstić information content (AvgIpc) is 3.41. The number of aromatic amines is 1. The van der Waals surface area contributed by atoms with E-state index in [-0.39, 0.29) is 5.82 Å². The standard InChI is InChI=1S/C22H24FN5O3/c1-5-22(6-2,20-26-21(29)31-27-20)15-8-9-17(25-19(15)30-4)13-10-16(23)14-12-24-28(7-3)18(14)11-13/h8-12H,5-7H2,1-4H3,(H,26,27,29). The molecule has 3 heterocycles. The van der Waals surface area contributed by atoms with Gasteiger partial charge in [0.25, 0.3) is 0 Å². The van der Waals surface area contributed by atoms with Gasteiger partial charge in [-0.3, -0.25) is 14.2 Å². The van der Waals surface area contributed by atoms with E-state index in [9.17, 15) is 9.18 Å². The maximum atomic E-state index is 14.7. The van der Waals surface area contributed by atoms with E-state index in [1.54, 1.807) is 4.68 Å². The van der Waals surface area contributed by atoms with E-state index in [0.29, 0.717) is 53.3 Å². The Hall–Kier alpha value is -3.49. The fourth-order valence-electron chi connectivity index (χ4n) is 4.19. The molecule has 3 aromatic heterocycles. The lowest BCUT2D eigenvalue weighted by Crippen LogP contribution is -2.29. The number of halogens is 1. The van der Waals surface area contributed by atoms with Crippen molar-refractivity contribution >= 4 is 10.9 Å². The quantitative estimate of drug-likeness (QED) is 0.480. The highest BCUT2D eigenvalue weighted by molar-refractivity contribution is 5.84. The molecule has 162 valence electrons. The Kier molecular flexibility index (Phi) is 5.34. The van der Waals surface area contributed by atoms with Crippen LogP contribution in [0.2, 0.25) is 0 Å². The van der Waals surface area contributed by atoms with Crippen LogP contribution in [0.5, 0.6) is 5.88 Å². The zero-order chi connectivity index (χ0) is 22.2. The number of methoxy groups -OCH3 is 1. The highest BCUT2D eigenvalue weighted by Crippen LogP contribution is 2.41. The fourth-order valence-corrected chi connectivity index (χ4v) is 4.19. The van der Waals surface area contributed by atoms with E-state index in [0.717, 1.165) is 5.56 Å². The van der Waals surface area contributed by atoms with Crippen LogP contribution in [0.25, 0.3) is 22.2 Å². The number of fused-ring (bicyclic) bond motifs is 1. The molecular formula is C22H24FN5O3. The summed E-state index contributed by atoms with van der Waals surface area (Å²) in [5, 5.41) is 8.64. The number of ether oxygens (including phenoxy) is 1. The molecule has 0 bridgehead atoms. The second kappa shape index (κ2) is 7.98. The molecule has 9 heteroatoms. The first-order valence-corrected chi connectivity index (χ1v) is 10.2. The van der Waals surface area contributed by atoms with Crippen molar-refractivity contribution < 1.29 is 13.7 Å². The molecule has 0 aliphatic rings. The van der Waals surface area contributed by atoms with E-state index in [1.165, 1.54) is 19.4 Å². The molecule has 4 rings (SSSR count). The van der Waals surface area contributed by atoms with Gasteiger partial charge in [-0.25, -0.2) is 14.2 Å². The van der Waals surface area contributed by atoms with Crippen molar-refractivity contribution in [2.45, 2.75) is 45.6 Å². The highest BCUT2D eigenvalue weighted by Gasteiger charge is 2.38. The first-order valence-electron chi connectivity index (χ1n) is 10.2. The van der Waals surface area contributed by atoms with E-state index < -0.39 is 11.2 Å². The van der Waals surface area contributed by atoms with Gasteiger partial charge < -0.3 is 4.74 Å². The SMILES string of the molecule is CCn1ncc2c(F)cc(-c3ccc(C(CC)(CC)c4noc(=O)[nH]4)c(OC)n3)cc21. The third-order valence-electron chi connectivity index (χ3n) is 5.98. The van der Waals surface area contributed by atoms with Gasteiger partial charge in [0.2, 0.25) is 5.88 Å². The van der Waals surface area contributed by atoms with Gasteiger partial charge in [0.05, 0.1) is 35.3 Å². The first kappa shape index (κ1) is 20.8. The Bertz CT molecular complexity index is 1290. The van der Waals surface area contributed by atoms with E-state index in [2.05, 4.69) is 20.2 Å². The number of pyridine rings is 1. The van der Waals surface area contributed by atoms with Crippen LogP contribution in [0.3, 0.4) is 0 Å². The van der Waals surface area contributed by atoms with E-state index >= 15 is 0 Å².